The maximum atomic E-state index is 12.8. The van der Waals surface area contributed by atoms with Crippen LogP contribution in [0.25, 0.3) is 6.08 Å². The van der Waals surface area contributed by atoms with E-state index in [1.165, 1.54) is 24.3 Å². The third kappa shape index (κ3) is 3.07. The van der Waals surface area contributed by atoms with Gasteiger partial charge in [0.05, 0.1) is 0 Å². The molecule has 0 aliphatic carbocycles. The minimum absolute atomic E-state index is 0.316. The van der Waals surface area contributed by atoms with Crippen LogP contribution in [-0.2, 0) is 4.79 Å². The van der Waals surface area contributed by atoms with Gasteiger partial charge in [-0.2, -0.15) is 0 Å². The van der Waals surface area contributed by atoms with Gasteiger partial charge in [0.15, 0.2) is 0 Å². The van der Waals surface area contributed by atoms with E-state index in [0.29, 0.717) is 5.56 Å². The van der Waals surface area contributed by atoms with Crippen LogP contribution in [0.5, 0.6) is 0 Å². The monoisotopic (exact) mass is 179 g/mol. The zero-order valence-corrected chi connectivity index (χ0v) is 7.25. The van der Waals surface area contributed by atoms with Gasteiger partial charge in [0, 0.05) is 6.08 Å². The number of amides is 1. The Bertz CT molecular complexity index is 338. The molecule has 13 heavy (non-hydrogen) atoms. The molecule has 0 aliphatic heterocycles. The largest absolute Gasteiger partial charge is 0.366 e. The molecule has 0 bridgehead atoms. The van der Waals surface area contributed by atoms with E-state index in [1.54, 1.807) is 13.0 Å². The van der Waals surface area contributed by atoms with Crippen LogP contribution in [0.1, 0.15) is 11.1 Å². The third-order valence-corrected chi connectivity index (χ3v) is 1.50. The molecule has 0 aromatic heterocycles. The van der Waals surface area contributed by atoms with Gasteiger partial charge >= 0.3 is 0 Å². The number of carbonyl (C=O) groups is 1. The molecule has 1 aromatic rings. The molecule has 1 rings (SSSR count). The highest BCUT2D eigenvalue weighted by Gasteiger charge is 1.94. The van der Waals surface area contributed by atoms with Crippen LogP contribution in [-0.4, -0.2) is 5.91 Å². The van der Waals surface area contributed by atoms with E-state index in [0.717, 1.165) is 5.56 Å². The lowest BCUT2D eigenvalue weighted by atomic mass is 10.1. The van der Waals surface area contributed by atoms with E-state index < -0.39 is 5.91 Å². The lowest BCUT2D eigenvalue weighted by Gasteiger charge is -1.96. The molecule has 2 N–H and O–H groups in total. The number of hydrogen-bond acceptors (Lipinski definition) is 1. The molecule has 1 amide bonds. The van der Waals surface area contributed by atoms with E-state index >= 15 is 0 Å². The highest BCUT2D eigenvalue weighted by atomic mass is 19.1. The molecule has 2 nitrogen and oxygen atoms in total. The molecule has 0 heterocycles. The summed E-state index contributed by atoms with van der Waals surface area (Å²) >= 11 is 0. The van der Waals surface area contributed by atoms with Gasteiger partial charge in [-0.1, -0.05) is 6.07 Å². The maximum absolute atomic E-state index is 12.8. The van der Waals surface area contributed by atoms with Crippen molar-refractivity contribution < 1.29 is 9.18 Å². The number of carbonyl (C=O) groups excluding carboxylic acids is 1. The highest BCUT2D eigenvalue weighted by molar-refractivity contribution is 5.90. The van der Waals surface area contributed by atoms with Crippen LogP contribution in [0.2, 0.25) is 0 Å². The second-order valence-electron chi connectivity index (χ2n) is 2.80. The molecule has 0 unspecified atom stereocenters. The Kier molecular flexibility index (Phi) is 2.80. The summed E-state index contributed by atoms with van der Waals surface area (Å²) in [6.45, 7) is 1.78. The fourth-order valence-corrected chi connectivity index (χ4v) is 1.04. The standard InChI is InChI=1S/C10H10FNO/c1-7-4-8(2-3-10(12)13)6-9(11)5-7/h2-6H,1H3,(H2,12,13)/b3-2+. The van der Waals surface area contributed by atoms with Crippen LogP contribution in [0.15, 0.2) is 24.3 Å². The number of halogens is 1. The van der Waals surface area contributed by atoms with Crippen LogP contribution in [0.3, 0.4) is 0 Å². The molecule has 0 spiro atoms. The topological polar surface area (TPSA) is 43.1 Å². The molecule has 0 aliphatic rings. The zero-order valence-electron chi connectivity index (χ0n) is 7.25. The Balaban J connectivity index is 2.95. The van der Waals surface area contributed by atoms with Crippen molar-refractivity contribution in [3.8, 4) is 0 Å². The van der Waals surface area contributed by atoms with E-state index in [1.807, 2.05) is 0 Å². The normalized spacial score (nSPS) is 10.6. The highest BCUT2D eigenvalue weighted by Crippen LogP contribution is 2.09. The minimum Gasteiger partial charge on any atom is -0.366 e. The number of aryl methyl sites for hydroxylation is 1. The first-order chi connectivity index (χ1) is 6.08. The van der Waals surface area contributed by atoms with Crippen molar-refractivity contribution in [3.05, 3.63) is 41.2 Å². The minimum atomic E-state index is -0.540. The van der Waals surface area contributed by atoms with Gasteiger partial charge in [-0.05, 0) is 36.3 Å². The smallest absolute Gasteiger partial charge is 0.241 e. The summed E-state index contributed by atoms with van der Waals surface area (Å²) in [5.74, 6) is -0.856. The van der Waals surface area contributed by atoms with Crippen molar-refractivity contribution in [1.82, 2.24) is 0 Å². The van der Waals surface area contributed by atoms with Crippen molar-refractivity contribution >= 4 is 12.0 Å². The lowest BCUT2D eigenvalue weighted by molar-refractivity contribution is -0.113. The average molecular weight is 179 g/mol. The number of primary amides is 1. The summed E-state index contributed by atoms with van der Waals surface area (Å²) in [7, 11) is 0. The molecule has 0 saturated heterocycles. The maximum Gasteiger partial charge on any atom is 0.241 e. The van der Waals surface area contributed by atoms with Gasteiger partial charge in [0.1, 0.15) is 5.82 Å². The van der Waals surface area contributed by atoms with Gasteiger partial charge < -0.3 is 5.73 Å². The third-order valence-electron chi connectivity index (χ3n) is 1.50. The Morgan fingerprint density at radius 2 is 2.15 bits per heavy atom. The van der Waals surface area contributed by atoms with Crippen molar-refractivity contribution in [3.63, 3.8) is 0 Å². The van der Waals surface area contributed by atoms with Crippen LogP contribution in [0.4, 0.5) is 4.39 Å². The molecule has 0 saturated carbocycles. The summed E-state index contributed by atoms with van der Waals surface area (Å²) in [6.07, 6.45) is 2.69. The first-order valence-electron chi connectivity index (χ1n) is 3.82. The number of benzene rings is 1. The Morgan fingerprint density at radius 3 is 2.69 bits per heavy atom. The second-order valence-corrected chi connectivity index (χ2v) is 2.80. The molecule has 68 valence electrons. The van der Waals surface area contributed by atoms with Gasteiger partial charge in [0.25, 0.3) is 0 Å². The molecule has 0 atom stereocenters. The molecular weight excluding hydrogens is 169 g/mol. The quantitative estimate of drug-likeness (QED) is 0.689. The summed E-state index contributed by atoms with van der Waals surface area (Å²) in [4.78, 5) is 10.4. The zero-order chi connectivity index (χ0) is 9.84. The fourth-order valence-electron chi connectivity index (χ4n) is 1.04. The Labute approximate surface area is 75.9 Å². The van der Waals surface area contributed by atoms with Crippen molar-refractivity contribution in [1.29, 1.82) is 0 Å². The van der Waals surface area contributed by atoms with E-state index in [9.17, 15) is 9.18 Å². The molecule has 0 radical (unpaired) electrons. The summed E-state index contributed by atoms with van der Waals surface area (Å²) < 4.78 is 12.8. The molecular formula is C10H10FNO. The van der Waals surface area contributed by atoms with E-state index in [-0.39, 0.29) is 5.82 Å². The van der Waals surface area contributed by atoms with Crippen molar-refractivity contribution in [2.45, 2.75) is 6.92 Å². The molecule has 3 heteroatoms. The van der Waals surface area contributed by atoms with E-state index in [4.69, 9.17) is 5.73 Å². The number of rotatable bonds is 2. The molecule has 0 fully saturated rings. The first-order valence-corrected chi connectivity index (χ1v) is 3.82. The lowest BCUT2D eigenvalue weighted by Crippen LogP contribution is -2.05. The van der Waals surface area contributed by atoms with Gasteiger partial charge in [-0.25, -0.2) is 4.39 Å². The van der Waals surface area contributed by atoms with Gasteiger partial charge in [-0.15, -0.1) is 0 Å². The summed E-state index contributed by atoms with van der Waals surface area (Å²) in [5.41, 5.74) is 6.34. The fraction of sp³-hybridized carbons (Fsp3) is 0.100. The van der Waals surface area contributed by atoms with Gasteiger partial charge in [0.2, 0.25) is 5.91 Å². The van der Waals surface area contributed by atoms with Crippen LogP contribution >= 0.6 is 0 Å². The van der Waals surface area contributed by atoms with Crippen molar-refractivity contribution in [2.75, 3.05) is 0 Å². The predicted octanol–water partition coefficient (Wildman–Crippen LogP) is 1.63. The number of hydrogen-bond donors (Lipinski definition) is 1. The Morgan fingerprint density at radius 1 is 1.46 bits per heavy atom. The molecule has 1 aromatic carbocycles. The van der Waals surface area contributed by atoms with E-state index in [2.05, 4.69) is 0 Å². The summed E-state index contributed by atoms with van der Waals surface area (Å²) in [6, 6.07) is 4.52. The first kappa shape index (κ1) is 9.45. The average Bonchev–Trinajstić information content (AvgIpc) is 1.99. The van der Waals surface area contributed by atoms with Gasteiger partial charge in [-0.3, -0.25) is 4.79 Å². The van der Waals surface area contributed by atoms with Crippen LogP contribution in [0, 0.1) is 12.7 Å². The van der Waals surface area contributed by atoms with Crippen molar-refractivity contribution in [2.24, 2.45) is 5.73 Å². The summed E-state index contributed by atoms with van der Waals surface area (Å²) in [5, 5.41) is 0. The Hall–Kier alpha value is -1.64. The predicted molar refractivity (Wildman–Crippen MR) is 49.4 cm³/mol. The SMILES string of the molecule is Cc1cc(F)cc(/C=C/C(N)=O)c1. The second kappa shape index (κ2) is 3.85. The van der Waals surface area contributed by atoms with Crippen LogP contribution < -0.4 is 5.73 Å². The number of nitrogens with two attached hydrogens (primary N) is 1.